The van der Waals surface area contributed by atoms with Gasteiger partial charge < -0.3 is 0 Å². The number of halogens is 1. The van der Waals surface area contributed by atoms with E-state index in [-0.39, 0.29) is 11.9 Å². The Morgan fingerprint density at radius 1 is 1.29 bits per heavy atom. The number of hydrogen-bond acceptors (Lipinski definition) is 4. The molecule has 3 nitrogen and oxygen atoms in total. The highest BCUT2D eigenvalue weighted by Gasteiger charge is 2.29. The van der Waals surface area contributed by atoms with E-state index < -0.39 is 0 Å². The van der Waals surface area contributed by atoms with Gasteiger partial charge in [0.25, 0.3) is 0 Å². The summed E-state index contributed by atoms with van der Waals surface area (Å²) in [6, 6.07) is 15.1. The molecule has 4 rings (SSSR count). The van der Waals surface area contributed by atoms with Crippen molar-refractivity contribution in [1.29, 1.82) is 5.26 Å². The van der Waals surface area contributed by atoms with Crippen molar-refractivity contribution in [3.63, 3.8) is 0 Å². The topological polar surface area (TPSA) is 39.9 Å². The number of nitriles is 1. The quantitative estimate of drug-likeness (QED) is 0.699. The first-order valence-electron chi connectivity index (χ1n) is 8.02. The minimum Gasteiger partial charge on any atom is -0.290 e. The molecule has 1 aliphatic heterocycles. The van der Waals surface area contributed by atoms with Crippen LogP contribution in [0.5, 0.6) is 0 Å². The molecule has 1 aromatic heterocycles. The highest BCUT2D eigenvalue weighted by Crippen LogP contribution is 2.37. The number of aromatic nitrogens is 1. The van der Waals surface area contributed by atoms with Gasteiger partial charge in [-0.25, -0.2) is 9.37 Å². The molecule has 1 saturated heterocycles. The van der Waals surface area contributed by atoms with Gasteiger partial charge in [-0.1, -0.05) is 18.2 Å². The summed E-state index contributed by atoms with van der Waals surface area (Å²) in [7, 11) is 0. The van der Waals surface area contributed by atoms with E-state index in [1.54, 1.807) is 23.5 Å². The zero-order valence-electron chi connectivity index (χ0n) is 13.1. The Balaban J connectivity index is 1.60. The van der Waals surface area contributed by atoms with Gasteiger partial charge in [-0.2, -0.15) is 5.26 Å². The molecule has 0 bridgehead atoms. The third-order valence-electron chi connectivity index (χ3n) is 4.51. The minimum absolute atomic E-state index is 0.248. The number of hydrogen-bond donors (Lipinski definition) is 0. The lowest BCUT2D eigenvalue weighted by Crippen LogP contribution is -2.23. The van der Waals surface area contributed by atoms with Crippen LogP contribution in [0.1, 0.15) is 35.0 Å². The summed E-state index contributed by atoms with van der Waals surface area (Å²) >= 11 is 1.73. The van der Waals surface area contributed by atoms with Crippen LogP contribution in [0.4, 0.5) is 4.39 Å². The van der Waals surface area contributed by atoms with Gasteiger partial charge in [-0.05, 0) is 43.7 Å². The van der Waals surface area contributed by atoms with Crippen LogP contribution in [0.3, 0.4) is 0 Å². The summed E-state index contributed by atoms with van der Waals surface area (Å²) in [5.74, 6) is -0.302. The average molecular weight is 337 g/mol. The molecule has 2 heterocycles. The summed E-state index contributed by atoms with van der Waals surface area (Å²) in [5, 5.41) is 9.98. The SMILES string of the molecule is N#Cc1ccc(CN2CCCC2c2nc3ccccc3s2)c(F)c1. The second-order valence-electron chi connectivity index (χ2n) is 6.07. The Labute approximate surface area is 144 Å². The number of para-hydroxylation sites is 1. The molecule has 0 saturated carbocycles. The van der Waals surface area contributed by atoms with Gasteiger partial charge in [-0.15, -0.1) is 11.3 Å². The summed E-state index contributed by atoms with van der Waals surface area (Å²) in [6.45, 7) is 1.50. The zero-order chi connectivity index (χ0) is 16.5. The molecule has 3 aromatic rings. The Morgan fingerprint density at radius 3 is 2.96 bits per heavy atom. The van der Waals surface area contributed by atoms with Crippen LogP contribution >= 0.6 is 11.3 Å². The third-order valence-corrected chi connectivity index (χ3v) is 5.65. The maximum absolute atomic E-state index is 14.2. The van der Waals surface area contributed by atoms with Crippen LogP contribution in [0, 0.1) is 17.1 Å². The fraction of sp³-hybridized carbons (Fsp3) is 0.263. The van der Waals surface area contributed by atoms with Crippen LogP contribution in [-0.4, -0.2) is 16.4 Å². The van der Waals surface area contributed by atoms with Crippen LogP contribution in [0.25, 0.3) is 10.2 Å². The molecule has 0 amide bonds. The Bertz CT molecular complexity index is 895. The number of rotatable bonds is 3. The van der Waals surface area contributed by atoms with E-state index in [1.165, 1.54) is 10.8 Å². The van der Waals surface area contributed by atoms with Crippen molar-refractivity contribution >= 4 is 21.6 Å². The van der Waals surface area contributed by atoms with E-state index in [0.717, 1.165) is 29.9 Å². The summed E-state index contributed by atoms with van der Waals surface area (Å²) in [5.41, 5.74) is 2.04. The van der Waals surface area contributed by atoms with Crippen molar-refractivity contribution in [3.8, 4) is 6.07 Å². The number of thiazole rings is 1. The second kappa shape index (κ2) is 6.31. The molecule has 1 unspecified atom stereocenters. The van der Waals surface area contributed by atoms with Crippen LogP contribution < -0.4 is 0 Å². The maximum atomic E-state index is 14.2. The van der Waals surface area contributed by atoms with Crippen molar-refractivity contribution in [2.75, 3.05) is 6.54 Å². The normalized spacial score (nSPS) is 18.1. The second-order valence-corrected chi connectivity index (χ2v) is 7.13. The summed E-state index contributed by atoms with van der Waals surface area (Å²) in [6.07, 6.45) is 2.15. The number of nitrogens with zero attached hydrogens (tertiary/aromatic N) is 3. The van der Waals surface area contributed by atoms with Crippen molar-refractivity contribution in [1.82, 2.24) is 9.88 Å². The molecule has 5 heteroatoms. The van der Waals surface area contributed by atoms with Gasteiger partial charge in [0, 0.05) is 12.1 Å². The summed E-state index contributed by atoms with van der Waals surface area (Å²) in [4.78, 5) is 7.07. The minimum atomic E-state index is -0.302. The number of benzene rings is 2. The maximum Gasteiger partial charge on any atom is 0.129 e. The van der Waals surface area contributed by atoms with Gasteiger partial charge in [-0.3, -0.25) is 4.90 Å². The Morgan fingerprint density at radius 2 is 2.17 bits per heavy atom. The first-order chi connectivity index (χ1) is 11.7. The van der Waals surface area contributed by atoms with Gasteiger partial charge >= 0.3 is 0 Å². The predicted molar refractivity (Wildman–Crippen MR) is 93.1 cm³/mol. The smallest absolute Gasteiger partial charge is 0.129 e. The van der Waals surface area contributed by atoms with E-state index in [9.17, 15) is 4.39 Å². The Kier molecular flexibility index (Phi) is 4.01. The van der Waals surface area contributed by atoms with Gasteiger partial charge in [0.2, 0.25) is 0 Å². The number of fused-ring (bicyclic) bond motifs is 1. The van der Waals surface area contributed by atoms with Gasteiger partial charge in [0.1, 0.15) is 10.8 Å². The molecule has 0 N–H and O–H groups in total. The van der Waals surface area contributed by atoms with E-state index >= 15 is 0 Å². The zero-order valence-corrected chi connectivity index (χ0v) is 13.9. The molecule has 24 heavy (non-hydrogen) atoms. The lowest BCUT2D eigenvalue weighted by Gasteiger charge is -2.23. The van der Waals surface area contributed by atoms with Crippen LogP contribution in [0.2, 0.25) is 0 Å². The van der Waals surface area contributed by atoms with Crippen LogP contribution in [-0.2, 0) is 6.54 Å². The highest BCUT2D eigenvalue weighted by molar-refractivity contribution is 7.18. The summed E-state index contributed by atoms with van der Waals surface area (Å²) < 4.78 is 15.4. The van der Waals surface area contributed by atoms with E-state index in [4.69, 9.17) is 10.2 Å². The molecule has 120 valence electrons. The third kappa shape index (κ3) is 2.79. The molecule has 0 aliphatic carbocycles. The predicted octanol–water partition coefficient (Wildman–Crippen LogP) is 4.64. The molecule has 2 aromatic carbocycles. The molecule has 0 radical (unpaired) electrons. The molecule has 0 spiro atoms. The number of likely N-dealkylation sites (tertiary alicyclic amines) is 1. The molecule has 1 fully saturated rings. The van der Waals surface area contributed by atoms with Crippen LogP contribution in [0.15, 0.2) is 42.5 Å². The highest BCUT2D eigenvalue weighted by atomic mass is 32.1. The average Bonchev–Trinajstić information content (AvgIpc) is 3.22. The first-order valence-corrected chi connectivity index (χ1v) is 8.84. The molecular formula is C19H16FN3S. The fourth-order valence-electron chi connectivity index (χ4n) is 3.29. The van der Waals surface area contributed by atoms with E-state index in [2.05, 4.69) is 11.0 Å². The van der Waals surface area contributed by atoms with Crippen molar-refractivity contribution in [3.05, 3.63) is 64.4 Å². The van der Waals surface area contributed by atoms with Crippen molar-refractivity contribution in [2.24, 2.45) is 0 Å². The van der Waals surface area contributed by atoms with E-state index in [0.29, 0.717) is 17.7 Å². The lowest BCUT2D eigenvalue weighted by atomic mass is 10.1. The Hall–Kier alpha value is -2.29. The van der Waals surface area contributed by atoms with Gasteiger partial charge in [0.05, 0.1) is 27.9 Å². The lowest BCUT2D eigenvalue weighted by molar-refractivity contribution is 0.245. The largest absolute Gasteiger partial charge is 0.290 e. The fourth-order valence-corrected chi connectivity index (χ4v) is 4.43. The van der Waals surface area contributed by atoms with Crippen molar-refractivity contribution < 1.29 is 4.39 Å². The van der Waals surface area contributed by atoms with E-state index in [1.807, 2.05) is 24.3 Å². The monoisotopic (exact) mass is 337 g/mol. The standard InChI is InChI=1S/C19H16FN3S/c20-15-10-13(11-21)7-8-14(15)12-23-9-3-5-17(23)19-22-16-4-1-2-6-18(16)24-19/h1-2,4,6-8,10,17H,3,5,9,12H2. The molecule has 1 aliphatic rings. The molecular weight excluding hydrogens is 321 g/mol. The molecule has 1 atom stereocenters. The van der Waals surface area contributed by atoms with Gasteiger partial charge in [0.15, 0.2) is 0 Å². The first kappa shape index (κ1) is 15.3. The van der Waals surface area contributed by atoms with Crippen molar-refractivity contribution in [2.45, 2.75) is 25.4 Å².